The van der Waals surface area contributed by atoms with Gasteiger partial charge in [-0.25, -0.2) is 0 Å². The molecule has 5 rings (SSSR count). The molecule has 2 aromatic carbocycles. The SMILES string of the molecule is C=CCN(C(=O)[C@H]1[C@H]2C(=O)N([C@@H](CC)CO)C(C(=O)N(CC=C)c3cc(C)ccc3C)C23CC[C@]1(C)S3)c1ccc(OCC)cc1. The van der Waals surface area contributed by atoms with Crippen molar-refractivity contribution in [2.45, 2.75) is 75.5 Å². The van der Waals surface area contributed by atoms with Gasteiger partial charge >= 0.3 is 0 Å². The molecule has 2 unspecified atom stereocenters. The van der Waals surface area contributed by atoms with Crippen molar-refractivity contribution in [1.29, 1.82) is 0 Å². The van der Waals surface area contributed by atoms with Crippen molar-refractivity contribution in [3.05, 3.63) is 78.9 Å². The van der Waals surface area contributed by atoms with Crippen LogP contribution in [0.1, 0.15) is 51.2 Å². The summed E-state index contributed by atoms with van der Waals surface area (Å²) in [4.78, 5) is 49.6. The number of hydrogen-bond acceptors (Lipinski definition) is 6. The van der Waals surface area contributed by atoms with Gasteiger partial charge < -0.3 is 24.5 Å². The van der Waals surface area contributed by atoms with E-state index in [0.717, 1.165) is 16.8 Å². The maximum Gasteiger partial charge on any atom is 0.251 e. The van der Waals surface area contributed by atoms with Gasteiger partial charge in [0.1, 0.15) is 11.8 Å². The number of benzene rings is 2. The largest absolute Gasteiger partial charge is 0.494 e. The van der Waals surface area contributed by atoms with Crippen LogP contribution in [0, 0.1) is 25.7 Å². The van der Waals surface area contributed by atoms with Crippen LogP contribution in [-0.2, 0) is 14.4 Å². The monoisotopic (exact) mass is 645 g/mol. The van der Waals surface area contributed by atoms with Crippen molar-refractivity contribution in [3.8, 4) is 5.75 Å². The molecule has 0 radical (unpaired) electrons. The number of carbonyl (C=O) groups is 3. The minimum absolute atomic E-state index is 0.151. The Labute approximate surface area is 277 Å². The van der Waals surface area contributed by atoms with E-state index < -0.39 is 33.4 Å². The Bertz CT molecular complexity index is 1510. The average Bonchev–Trinajstić information content (AvgIpc) is 3.61. The quantitative estimate of drug-likeness (QED) is 0.282. The van der Waals surface area contributed by atoms with Gasteiger partial charge in [0.15, 0.2) is 0 Å². The number of amides is 3. The first-order valence-electron chi connectivity index (χ1n) is 16.3. The van der Waals surface area contributed by atoms with Crippen molar-refractivity contribution in [1.82, 2.24) is 4.90 Å². The van der Waals surface area contributed by atoms with E-state index in [9.17, 15) is 14.7 Å². The van der Waals surface area contributed by atoms with E-state index in [1.54, 1.807) is 38.6 Å². The maximum absolute atomic E-state index is 15.0. The lowest BCUT2D eigenvalue weighted by Crippen LogP contribution is -2.57. The molecule has 3 aliphatic rings. The average molecular weight is 646 g/mol. The molecule has 0 aliphatic carbocycles. The number of aliphatic hydroxyl groups excluding tert-OH is 1. The summed E-state index contributed by atoms with van der Waals surface area (Å²) in [6.07, 6.45) is 5.20. The molecule has 8 nitrogen and oxygen atoms in total. The Morgan fingerprint density at radius 1 is 1.07 bits per heavy atom. The number of thioether (sulfide) groups is 1. The highest BCUT2D eigenvalue weighted by Gasteiger charge is 2.78. The maximum atomic E-state index is 15.0. The van der Waals surface area contributed by atoms with Gasteiger partial charge in [-0.2, -0.15) is 0 Å². The van der Waals surface area contributed by atoms with Gasteiger partial charge in [0.05, 0.1) is 35.8 Å². The number of rotatable bonds is 13. The fourth-order valence-electron chi connectivity index (χ4n) is 7.93. The van der Waals surface area contributed by atoms with E-state index in [2.05, 4.69) is 20.1 Å². The highest BCUT2D eigenvalue weighted by molar-refractivity contribution is 8.02. The number of likely N-dealkylation sites (tertiary alicyclic amines) is 1. The number of fused-ring (bicyclic) bond motifs is 1. The fraction of sp³-hybridized carbons (Fsp3) is 0.486. The predicted octanol–water partition coefficient (Wildman–Crippen LogP) is 5.69. The Morgan fingerprint density at radius 3 is 2.35 bits per heavy atom. The minimum atomic E-state index is -0.843. The van der Waals surface area contributed by atoms with Gasteiger partial charge in [-0.1, -0.05) is 31.2 Å². The van der Waals surface area contributed by atoms with Gasteiger partial charge in [0, 0.05) is 29.2 Å². The van der Waals surface area contributed by atoms with Crippen LogP contribution in [0.25, 0.3) is 0 Å². The van der Waals surface area contributed by atoms with Crippen LogP contribution in [0.2, 0.25) is 0 Å². The van der Waals surface area contributed by atoms with Crippen LogP contribution in [-0.4, -0.2) is 75.6 Å². The number of anilines is 2. The molecule has 1 spiro atoms. The first-order chi connectivity index (χ1) is 22.0. The third-order valence-electron chi connectivity index (χ3n) is 10.1. The first kappa shape index (κ1) is 33.8. The highest BCUT2D eigenvalue weighted by Crippen LogP contribution is 2.72. The lowest BCUT2D eigenvalue weighted by molar-refractivity contribution is -0.142. The summed E-state index contributed by atoms with van der Waals surface area (Å²) in [5.74, 6) is -1.23. The molecule has 6 atom stereocenters. The van der Waals surface area contributed by atoms with E-state index in [4.69, 9.17) is 4.74 Å². The number of nitrogens with zero attached hydrogens (tertiary/aromatic N) is 3. The molecule has 3 saturated heterocycles. The minimum Gasteiger partial charge on any atom is -0.494 e. The van der Waals surface area contributed by atoms with Crippen LogP contribution in [0.5, 0.6) is 5.75 Å². The molecule has 3 fully saturated rings. The molecule has 9 heteroatoms. The van der Waals surface area contributed by atoms with Gasteiger partial charge in [-0.15, -0.1) is 24.9 Å². The normalized spacial score (nSPS) is 26.9. The number of aryl methyl sites for hydroxylation is 2. The molecular weight excluding hydrogens is 598 g/mol. The van der Waals surface area contributed by atoms with Crippen molar-refractivity contribution in [2.24, 2.45) is 11.8 Å². The van der Waals surface area contributed by atoms with Gasteiger partial charge in [0.25, 0.3) is 5.91 Å². The number of aliphatic hydroxyl groups is 1. The second-order valence-corrected chi connectivity index (χ2v) is 14.8. The molecule has 3 amide bonds. The second kappa shape index (κ2) is 13.3. The van der Waals surface area contributed by atoms with Crippen LogP contribution < -0.4 is 14.5 Å². The van der Waals surface area contributed by atoms with Crippen LogP contribution in [0.4, 0.5) is 11.4 Å². The van der Waals surface area contributed by atoms with Crippen LogP contribution >= 0.6 is 11.8 Å². The zero-order chi connectivity index (χ0) is 33.4. The fourth-order valence-corrected chi connectivity index (χ4v) is 10.3. The molecule has 2 bridgehead atoms. The summed E-state index contributed by atoms with van der Waals surface area (Å²) in [6.45, 7) is 18.5. The van der Waals surface area contributed by atoms with E-state index >= 15 is 4.79 Å². The zero-order valence-corrected chi connectivity index (χ0v) is 28.5. The summed E-state index contributed by atoms with van der Waals surface area (Å²) in [6, 6.07) is 12.0. The zero-order valence-electron chi connectivity index (χ0n) is 27.7. The summed E-state index contributed by atoms with van der Waals surface area (Å²) in [7, 11) is 0. The van der Waals surface area contributed by atoms with E-state index in [-0.39, 0.29) is 37.4 Å². The van der Waals surface area contributed by atoms with Crippen molar-refractivity contribution >= 4 is 40.9 Å². The standard InChI is InChI=1S/C37H47N3O5S/c1-8-20-38(27-14-16-28(17-15-27)45-11-4)33(42)30-31-34(43)40(26(10-3)23-41)32(37(31)19-18-36(30,7)46-37)35(44)39(21-9-2)29-22-24(5)12-13-25(29)6/h8-9,12-17,22,26,30-32,41H,1-2,10-11,18-21,23H2,3-7H3/t26-,30+,31-,32?,36-,37?/m0/s1. The van der Waals surface area contributed by atoms with E-state index in [1.165, 1.54) is 0 Å². The molecule has 0 aromatic heterocycles. The molecule has 0 saturated carbocycles. The van der Waals surface area contributed by atoms with Crippen molar-refractivity contribution < 1.29 is 24.2 Å². The summed E-state index contributed by atoms with van der Waals surface area (Å²) >= 11 is 1.64. The summed E-state index contributed by atoms with van der Waals surface area (Å²) in [5, 5.41) is 10.5. The second-order valence-electron chi connectivity index (χ2n) is 12.9. The molecule has 1 N–H and O–H groups in total. The highest BCUT2D eigenvalue weighted by atomic mass is 32.2. The van der Waals surface area contributed by atoms with E-state index in [1.807, 2.05) is 70.2 Å². The van der Waals surface area contributed by atoms with Crippen LogP contribution in [0.15, 0.2) is 67.8 Å². The lowest BCUT2D eigenvalue weighted by Gasteiger charge is -2.39. The third kappa shape index (κ3) is 5.45. The Hall–Kier alpha value is -3.56. The number of ether oxygens (including phenoxy) is 1. The topological polar surface area (TPSA) is 90.4 Å². The number of carbonyl (C=O) groups excluding carboxylic acids is 3. The van der Waals surface area contributed by atoms with E-state index in [0.29, 0.717) is 37.3 Å². The summed E-state index contributed by atoms with van der Waals surface area (Å²) < 4.78 is 4.26. The first-order valence-corrected chi connectivity index (χ1v) is 17.1. The Kier molecular flexibility index (Phi) is 9.76. The van der Waals surface area contributed by atoms with Gasteiger partial charge in [0.2, 0.25) is 11.8 Å². The Balaban J connectivity index is 1.61. The van der Waals surface area contributed by atoms with Crippen LogP contribution in [0.3, 0.4) is 0 Å². The summed E-state index contributed by atoms with van der Waals surface area (Å²) in [5.41, 5.74) is 3.44. The molecule has 246 valence electrons. The third-order valence-corrected chi connectivity index (χ3v) is 12.0. The predicted molar refractivity (Wildman–Crippen MR) is 185 cm³/mol. The molecule has 3 aliphatic heterocycles. The lowest BCUT2D eigenvalue weighted by atomic mass is 9.66. The smallest absolute Gasteiger partial charge is 0.251 e. The number of hydrogen-bond donors (Lipinski definition) is 1. The molecule has 46 heavy (non-hydrogen) atoms. The van der Waals surface area contributed by atoms with Gasteiger partial charge in [-0.3, -0.25) is 14.4 Å². The molecule has 3 heterocycles. The molecular formula is C37H47N3O5S. The Morgan fingerprint density at radius 2 is 1.74 bits per heavy atom. The van der Waals surface area contributed by atoms with Crippen molar-refractivity contribution in [2.75, 3.05) is 36.1 Å². The van der Waals surface area contributed by atoms with Gasteiger partial charge in [-0.05, 0) is 88.4 Å². The molecule has 2 aromatic rings. The van der Waals surface area contributed by atoms with Crippen molar-refractivity contribution in [3.63, 3.8) is 0 Å².